The molecule has 0 atom stereocenters. The minimum atomic E-state index is -0.312. The van der Waals surface area contributed by atoms with Crippen molar-refractivity contribution in [2.75, 3.05) is 33.2 Å². The highest BCUT2D eigenvalue weighted by molar-refractivity contribution is 7.17. The number of nitrogens with zero attached hydrogens (tertiary/aromatic N) is 3. The molecule has 4 nitrogen and oxygen atoms in total. The van der Waals surface area contributed by atoms with Gasteiger partial charge in [-0.2, -0.15) is 0 Å². The molecule has 0 spiro atoms. The molecule has 0 saturated heterocycles. The molecule has 0 bridgehead atoms. The number of likely N-dealkylation sites (N-methyl/N-ethyl adjacent to an activating group) is 2. The summed E-state index contributed by atoms with van der Waals surface area (Å²) in [7, 11) is 1.80. The molecule has 1 amide bonds. The third-order valence-electron chi connectivity index (χ3n) is 4.34. The SMILES string of the molecule is CCN(CC)CCN(C)C(=O)c1sc(-c2cc(C)ccc2F)nc1C. The second-order valence-electron chi connectivity index (χ2n) is 6.17. The van der Waals surface area contributed by atoms with Gasteiger partial charge in [-0.05, 0) is 39.1 Å². The standard InChI is InChI=1S/C19H26FN3OS/c1-6-23(7-2)11-10-22(5)19(24)17-14(4)21-18(25-17)15-12-13(3)8-9-16(15)20/h8-9,12H,6-7,10-11H2,1-5H3. The van der Waals surface area contributed by atoms with Gasteiger partial charge in [0.15, 0.2) is 0 Å². The van der Waals surface area contributed by atoms with Crippen molar-refractivity contribution in [3.05, 3.63) is 40.2 Å². The Bertz CT molecular complexity index is 740. The van der Waals surface area contributed by atoms with E-state index in [1.807, 2.05) is 6.92 Å². The summed E-state index contributed by atoms with van der Waals surface area (Å²) in [6.07, 6.45) is 0. The van der Waals surface area contributed by atoms with Gasteiger partial charge in [0.25, 0.3) is 5.91 Å². The van der Waals surface area contributed by atoms with Crippen LogP contribution in [0.15, 0.2) is 18.2 Å². The lowest BCUT2D eigenvalue weighted by Gasteiger charge is -2.22. The number of carbonyl (C=O) groups excluding carboxylic acids is 1. The topological polar surface area (TPSA) is 36.4 Å². The van der Waals surface area contributed by atoms with Gasteiger partial charge in [-0.3, -0.25) is 4.79 Å². The zero-order valence-electron chi connectivity index (χ0n) is 15.6. The average Bonchev–Trinajstić information content (AvgIpc) is 2.98. The second kappa shape index (κ2) is 8.54. The van der Waals surface area contributed by atoms with Gasteiger partial charge in [-0.1, -0.05) is 25.5 Å². The van der Waals surface area contributed by atoms with Crippen molar-refractivity contribution in [1.82, 2.24) is 14.8 Å². The Morgan fingerprint density at radius 1 is 1.20 bits per heavy atom. The molecule has 0 aliphatic rings. The van der Waals surface area contributed by atoms with Crippen molar-refractivity contribution in [2.45, 2.75) is 27.7 Å². The molecule has 0 aliphatic carbocycles. The third-order valence-corrected chi connectivity index (χ3v) is 5.51. The van der Waals surface area contributed by atoms with Crippen LogP contribution in [0.3, 0.4) is 0 Å². The Morgan fingerprint density at radius 2 is 1.88 bits per heavy atom. The summed E-state index contributed by atoms with van der Waals surface area (Å²) in [5.74, 6) is -0.366. The van der Waals surface area contributed by atoms with E-state index >= 15 is 0 Å². The van der Waals surface area contributed by atoms with Crippen LogP contribution < -0.4 is 0 Å². The lowest BCUT2D eigenvalue weighted by molar-refractivity contribution is 0.0783. The Hall–Kier alpha value is -1.79. The maximum atomic E-state index is 14.1. The van der Waals surface area contributed by atoms with Gasteiger partial charge >= 0.3 is 0 Å². The van der Waals surface area contributed by atoms with Gasteiger partial charge in [0.05, 0.1) is 5.69 Å². The smallest absolute Gasteiger partial charge is 0.265 e. The van der Waals surface area contributed by atoms with E-state index in [4.69, 9.17) is 0 Å². The van der Waals surface area contributed by atoms with Crippen LogP contribution in [0.25, 0.3) is 10.6 Å². The van der Waals surface area contributed by atoms with Crippen molar-refractivity contribution >= 4 is 17.2 Å². The Kier molecular flexibility index (Phi) is 6.67. The van der Waals surface area contributed by atoms with E-state index in [1.165, 1.54) is 17.4 Å². The summed E-state index contributed by atoms with van der Waals surface area (Å²) in [5.41, 5.74) is 2.08. The molecule has 1 heterocycles. The van der Waals surface area contributed by atoms with Crippen molar-refractivity contribution in [2.24, 2.45) is 0 Å². The number of benzene rings is 1. The predicted octanol–water partition coefficient (Wildman–Crippen LogP) is 3.98. The fourth-order valence-electron chi connectivity index (χ4n) is 2.62. The summed E-state index contributed by atoms with van der Waals surface area (Å²) in [4.78, 5) is 21.7. The van der Waals surface area contributed by atoms with Crippen LogP contribution in [0.5, 0.6) is 0 Å². The van der Waals surface area contributed by atoms with Crippen molar-refractivity contribution < 1.29 is 9.18 Å². The molecule has 1 aromatic heterocycles. The van der Waals surface area contributed by atoms with E-state index in [0.29, 0.717) is 27.7 Å². The van der Waals surface area contributed by atoms with Crippen molar-refractivity contribution in [1.29, 1.82) is 0 Å². The van der Waals surface area contributed by atoms with Gasteiger partial charge in [-0.15, -0.1) is 11.3 Å². The molecule has 136 valence electrons. The fourth-order valence-corrected chi connectivity index (χ4v) is 3.70. The van der Waals surface area contributed by atoms with E-state index in [9.17, 15) is 9.18 Å². The molecular formula is C19H26FN3OS. The van der Waals surface area contributed by atoms with E-state index in [2.05, 4.69) is 23.7 Å². The fraction of sp³-hybridized carbons (Fsp3) is 0.474. The number of thiazole rings is 1. The summed E-state index contributed by atoms with van der Waals surface area (Å²) in [6.45, 7) is 11.4. The first kappa shape index (κ1) is 19.5. The molecule has 2 aromatic rings. The Labute approximate surface area is 153 Å². The molecule has 1 aromatic carbocycles. The van der Waals surface area contributed by atoms with Crippen LogP contribution in [0.4, 0.5) is 4.39 Å². The number of hydrogen-bond donors (Lipinski definition) is 0. The van der Waals surface area contributed by atoms with Gasteiger partial charge < -0.3 is 9.80 Å². The van der Waals surface area contributed by atoms with Crippen LogP contribution in [-0.4, -0.2) is 53.9 Å². The highest BCUT2D eigenvalue weighted by Gasteiger charge is 2.21. The van der Waals surface area contributed by atoms with Crippen LogP contribution in [0.1, 0.15) is 34.8 Å². The van der Waals surface area contributed by atoms with E-state index in [1.54, 1.807) is 31.0 Å². The van der Waals surface area contributed by atoms with E-state index < -0.39 is 0 Å². The molecule has 0 saturated carbocycles. The lowest BCUT2D eigenvalue weighted by atomic mass is 10.1. The minimum absolute atomic E-state index is 0.0542. The van der Waals surface area contributed by atoms with E-state index in [-0.39, 0.29) is 11.7 Å². The number of aromatic nitrogens is 1. The maximum Gasteiger partial charge on any atom is 0.265 e. The van der Waals surface area contributed by atoms with E-state index in [0.717, 1.165) is 25.2 Å². The normalized spacial score (nSPS) is 11.2. The van der Waals surface area contributed by atoms with Crippen molar-refractivity contribution in [3.63, 3.8) is 0 Å². The largest absolute Gasteiger partial charge is 0.340 e. The Morgan fingerprint density at radius 3 is 2.52 bits per heavy atom. The third kappa shape index (κ3) is 4.64. The zero-order chi connectivity index (χ0) is 18.6. The monoisotopic (exact) mass is 363 g/mol. The van der Waals surface area contributed by atoms with Gasteiger partial charge in [0, 0.05) is 25.7 Å². The Balaban J connectivity index is 2.18. The highest BCUT2D eigenvalue weighted by atomic mass is 32.1. The first-order valence-corrected chi connectivity index (χ1v) is 9.40. The molecule has 0 fully saturated rings. The molecular weight excluding hydrogens is 337 g/mol. The van der Waals surface area contributed by atoms with Crippen LogP contribution in [-0.2, 0) is 0 Å². The first-order valence-electron chi connectivity index (χ1n) is 8.59. The number of rotatable bonds is 7. The van der Waals surface area contributed by atoms with Gasteiger partial charge in [0.1, 0.15) is 15.7 Å². The predicted molar refractivity (Wildman–Crippen MR) is 102 cm³/mol. The van der Waals surface area contributed by atoms with Crippen LogP contribution in [0, 0.1) is 19.7 Å². The lowest BCUT2D eigenvalue weighted by Crippen LogP contribution is -2.36. The van der Waals surface area contributed by atoms with Gasteiger partial charge in [0.2, 0.25) is 0 Å². The molecule has 0 radical (unpaired) electrons. The first-order chi connectivity index (χ1) is 11.9. The second-order valence-corrected chi connectivity index (χ2v) is 7.17. The highest BCUT2D eigenvalue weighted by Crippen LogP contribution is 2.31. The molecule has 0 N–H and O–H groups in total. The quantitative estimate of drug-likeness (QED) is 0.747. The molecule has 2 rings (SSSR count). The average molecular weight is 364 g/mol. The molecule has 0 unspecified atom stereocenters. The van der Waals surface area contributed by atoms with Crippen LogP contribution in [0.2, 0.25) is 0 Å². The number of aryl methyl sites for hydroxylation is 2. The maximum absolute atomic E-state index is 14.1. The summed E-state index contributed by atoms with van der Waals surface area (Å²) < 4.78 is 14.1. The molecule has 6 heteroatoms. The number of halogens is 1. The molecule has 0 aliphatic heterocycles. The van der Waals surface area contributed by atoms with Crippen LogP contribution >= 0.6 is 11.3 Å². The summed E-state index contributed by atoms with van der Waals surface area (Å²) in [5, 5.41) is 0.555. The number of carbonyl (C=O) groups is 1. The zero-order valence-corrected chi connectivity index (χ0v) is 16.4. The molecule has 25 heavy (non-hydrogen) atoms. The summed E-state index contributed by atoms with van der Waals surface area (Å²) in [6, 6.07) is 4.94. The minimum Gasteiger partial charge on any atom is -0.340 e. The summed E-state index contributed by atoms with van der Waals surface area (Å²) >= 11 is 1.26. The number of amides is 1. The van der Waals surface area contributed by atoms with Gasteiger partial charge in [-0.25, -0.2) is 9.37 Å². The number of hydrogen-bond acceptors (Lipinski definition) is 4. The van der Waals surface area contributed by atoms with Crippen molar-refractivity contribution in [3.8, 4) is 10.6 Å².